The lowest BCUT2D eigenvalue weighted by Gasteiger charge is -2.36. The predicted molar refractivity (Wildman–Crippen MR) is 73.4 cm³/mol. The van der Waals surface area contributed by atoms with Crippen molar-refractivity contribution in [1.29, 1.82) is 0 Å². The zero-order valence-electron chi connectivity index (χ0n) is 10.5. The number of rotatable bonds is 2. The molecule has 1 aliphatic heterocycles. The third-order valence-electron chi connectivity index (χ3n) is 4.21. The largest absolute Gasteiger partial charge is 0.330 e. The second kappa shape index (κ2) is 5.02. The Hall–Kier alpha value is -0.870. The van der Waals surface area contributed by atoms with Crippen LogP contribution in [0.1, 0.15) is 49.4 Å². The van der Waals surface area contributed by atoms with Gasteiger partial charge < -0.3 is 10.6 Å². The van der Waals surface area contributed by atoms with E-state index in [1.165, 1.54) is 24.1 Å². The fourth-order valence-corrected chi connectivity index (χ4v) is 4.28. The predicted octanol–water partition coefficient (Wildman–Crippen LogP) is 2.68. The zero-order chi connectivity index (χ0) is 12.5. The molecule has 98 valence electrons. The van der Waals surface area contributed by atoms with Crippen LogP contribution in [0.3, 0.4) is 0 Å². The highest BCUT2D eigenvalue weighted by Gasteiger charge is 2.42. The summed E-state index contributed by atoms with van der Waals surface area (Å²) in [4.78, 5) is 15.6. The molecule has 0 aromatic carbocycles. The van der Waals surface area contributed by atoms with Crippen molar-refractivity contribution in [2.24, 2.45) is 5.73 Å². The minimum atomic E-state index is -0.0296. The summed E-state index contributed by atoms with van der Waals surface area (Å²) in [5, 5.41) is 2.07. The van der Waals surface area contributed by atoms with E-state index in [1.807, 2.05) is 0 Å². The van der Waals surface area contributed by atoms with Crippen molar-refractivity contribution in [2.45, 2.75) is 56.7 Å². The molecular weight excluding hydrogens is 244 g/mol. The van der Waals surface area contributed by atoms with Gasteiger partial charge in [-0.2, -0.15) is 0 Å². The van der Waals surface area contributed by atoms with Crippen LogP contribution >= 0.6 is 11.3 Å². The molecule has 2 aliphatic rings. The van der Waals surface area contributed by atoms with E-state index >= 15 is 0 Å². The number of likely N-dealkylation sites (tertiary alicyclic amines) is 1. The van der Waals surface area contributed by atoms with E-state index in [0.29, 0.717) is 12.5 Å². The lowest BCUT2D eigenvalue weighted by molar-refractivity contribution is -0.132. The smallest absolute Gasteiger partial charge is 0.225 e. The first-order valence-electron chi connectivity index (χ1n) is 6.87. The van der Waals surface area contributed by atoms with Crippen molar-refractivity contribution in [3.05, 3.63) is 22.4 Å². The first-order valence-corrected chi connectivity index (χ1v) is 7.75. The molecule has 18 heavy (non-hydrogen) atoms. The molecule has 2 fully saturated rings. The van der Waals surface area contributed by atoms with Gasteiger partial charge in [-0.25, -0.2) is 0 Å². The third-order valence-corrected chi connectivity index (χ3v) is 5.15. The molecule has 1 aromatic heterocycles. The molecular formula is C14H20N2OS. The van der Waals surface area contributed by atoms with Crippen LogP contribution in [0.25, 0.3) is 0 Å². The van der Waals surface area contributed by atoms with E-state index in [-0.39, 0.29) is 18.0 Å². The van der Waals surface area contributed by atoms with Crippen LogP contribution in [0.4, 0.5) is 0 Å². The Balaban J connectivity index is 1.86. The molecule has 0 spiro atoms. The summed E-state index contributed by atoms with van der Waals surface area (Å²) in [6, 6.07) is 4.68. The Kier molecular flexibility index (Phi) is 3.39. The minimum absolute atomic E-state index is 0.0296. The van der Waals surface area contributed by atoms with Gasteiger partial charge in [-0.05, 0) is 24.3 Å². The van der Waals surface area contributed by atoms with Gasteiger partial charge >= 0.3 is 0 Å². The molecule has 2 heterocycles. The second-order valence-electron chi connectivity index (χ2n) is 5.42. The van der Waals surface area contributed by atoms with Gasteiger partial charge in [0.1, 0.15) is 0 Å². The first-order chi connectivity index (χ1) is 8.77. The number of hydrogen-bond donors (Lipinski definition) is 1. The molecule has 3 nitrogen and oxygen atoms in total. The Morgan fingerprint density at radius 3 is 2.72 bits per heavy atom. The number of nitrogens with two attached hydrogens (primary N) is 1. The van der Waals surface area contributed by atoms with Gasteiger partial charge in [0.2, 0.25) is 5.91 Å². The van der Waals surface area contributed by atoms with Crippen molar-refractivity contribution in [2.75, 3.05) is 0 Å². The molecule has 2 atom stereocenters. The summed E-state index contributed by atoms with van der Waals surface area (Å²) in [5.74, 6) is 0.257. The van der Waals surface area contributed by atoms with Gasteiger partial charge in [0.25, 0.3) is 0 Å². The van der Waals surface area contributed by atoms with Crippen molar-refractivity contribution in [1.82, 2.24) is 4.90 Å². The van der Waals surface area contributed by atoms with E-state index in [9.17, 15) is 4.79 Å². The number of nitrogens with zero attached hydrogens (tertiary/aromatic N) is 1. The molecule has 1 saturated heterocycles. The number of carbonyl (C=O) groups is 1. The van der Waals surface area contributed by atoms with Gasteiger partial charge in [-0.1, -0.05) is 25.3 Å². The van der Waals surface area contributed by atoms with Gasteiger partial charge in [0, 0.05) is 23.4 Å². The lowest BCUT2D eigenvalue weighted by atomic mass is 9.93. The fourth-order valence-electron chi connectivity index (χ4n) is 3.38. The Morgan fingerprint density at radius 1 is 1.28 bits per heavy atom. The van der Waals surface area contributed by atoms with E-state index < -0.39 is 0 Å². The Morgan fingerprint density at radius 2 is 2.06 bits per heavy atom. The van der Waals surface area contributed by atoms with E-state index in [0.717, 1.165) is 12.8 Å². The molecule has 4 heteroatoms. The summed E-state index contributed by atoms with van der Waals surface area (Å²) in [5.41, 5.74) is 6.20. The molecule has 1 aliphatic carbocycles. The fraction of sp³-hybridized carbons (Fsp3) is 0.643. The second-order valence-corrected chi connectivity index (χ2v) is 6.40. The topological polar surface area (TPSA) is 46.3 Å². The number of hydrogen-bond acceptors (Lipinski definition) is 3. The standard InChI is InChI=1S/C14H20N2OS/c15-11-9-13(17)16(10-5-2-1-3-6-10)14(11)12-7-4-8-18-12/h4,7-8,10-11,14H,1-3,5-6,9,15H2. The molecule has 1 amide bonds. The minimum Gasteiger partial charge on any atom is -0.330 e. The van der Waals surface area contributed by atoms with Crippen LogP contribution in [-0.2, 0) is 4.79 Å². The van der Waals surface area contributed by atoms with Crippen molar-refractivity contribution in [3.8, 4) is 0 Å². The summed E-state index contributed by atoms with van der Waals surface area (Å²) in [7, 11) is 0. The first kappa shape index (κ1) is 12.2. The van der Waals surface area contributed by atoms with E-state index in [4.69, 9.17) is 5.73 Å². The number of carbonyl (C=O) groups excluding carboxylic acids is 1. The summed E-state index contributed by atoms with van der Waals surface area (Å²) >= 11 is 1.72. The Bertz CT molecular complexity index is 411. The van der Waals surface area contributed by atoms with E-state index in [1.54, 1.807) is 11.3 Å². The maximum atomic E-state index is 12.2. The number of amides is 1. The van der Waals surface area contributed by atoms with Crippen molar-refractivity contribution >= 4 is 17.2 Å². The van der Waals surface area contributed by atoms with Crippen molar-refractivity contribution < 1.29 is 4.79 Å². The molecule has 0 radical (unpaired) electrons. The quantitative estimate of drug-likeness (QED) is 0.892. The molecule has 1 saturated carbocycles. The van der Waals surface area contributed by atoms with Crippen LogP contribution in [0.2, 0.25) is 0 Å². The molecule has 0 bridgehead atoms. The average Bonchev–Trinajstić information content (AvgIpc) is 2.97. The van der Waals surface area contributed by atoms with Crippen LogP contribution in [-0.4, -0.2) is 22.9 Å². The summed E-state index contributed by atoms with van der Waals surface area (Å²) in [6.45, 7) is 0. The van der Waals surface area contributed by atoms with Gasteiger partial charge in [0.05, 0.1) is 6.04 Å². The van der Waals surface area contributed by atoms with Crippen LogP contribution in [0, 0.1) is 0 Å². The average molecular weight is 264 g/mol. The molecule has 2 unspecified atom stereocenters. The van der Waals surface area contributed by atoms with Crippen molar-refractivity contribution in [3.63, 3.8) is 0 Å². The van der Waals surface area contributed by atoms with Gasteiger partial charge in [-0.3, -0.25) is 4.79 Å². The maximum Gasteiger partial charge on any atom is 0.225 e. The highest BCUT2D eigenvalue weighted by molar-refractivity contribution is 7.10. The zero-order valence-corrected chi connectivity index (χ0v) is 11.4. The van der Waals surface area contributed by atoms with Crippen LogP contribution < -0.4 is 5.73 Å². The molecule has 1 aromatic rings. The van der Waals surface area contributed by atoms with Gasteiger partial charge in [0.15, 0.2) is 0 Å². The molecule has 3 rings (SSSR count). The van der Waals surface area contributed by atoms with Crippen LogP contribution in [0.15, 0.2) is 17.5 Å². The maximum absolute atomic E-state index is 12.2. The summed E-state index contributed by atoms with van der Waals surface area (Å²) < 4.78 is 0. The van der Waals surface area contributed by atoms with Gasteiger partial charge in [-0.15, -0.1) is 11.3 Å². The highest BCUT2D eigenvalue weighted by atomic mass is 32.1. The monoisotopic (exact) mass is 264 g/mol. The number of thiophene rings is 1. The normalized spacial score (nSPS) is 30.1. The third kappa shape index (κ3) is 2.08. The Labute approximate surface area is 112 Å². The lowest BCUT2D eigenvalue weighted by Crippen LogP contribution is -2.41. The van der Waals surface area contributed by atoms with E-state index in [2.05, 4.69) is 22.4 Å². The highest BCUT2D eigenvalue weighted by Crippen LogP contribution is 2.39. The summed E-state index contributed by atoms with van der Waals surface area (Å²) in [6.07, 6.45) is 6.63. The van der Waals surface area contributed by atoms with Crippen LogP contribution in [0.5, 0.6) is 0 Å². The SMILES string of the molecule is NC1CC(=O)N(C2CCCCC2)C1c1cccs1. The molecule has 2 N–H and O–H groups in total.